The largest absolute Gasteiger partial charge is 0.419 e. The number of benzene rings is 1. The van der Waals surface area contributed by atoms with E-state index in [0.29, 0.717) is 0 Å². The minimum atomic E-state index is -5.18. The molecule has 0 amide bonds. The highest BCUT2D eigenvalue weighted by Gasteiger charge is 2.36. The van der Waals surface area contributed by atoms with Crippen molar-refractivity contribution in [2.75, 3.05) is 0 Å². The summed E-state index contributed by atoms with van der Waals surface area (Å²) in [6, 6.07) is -0.564. The van der Waals surface area contributed by atoms with Gasteiger partial charge in [-0.1, -0.05) is 0 Å². The van der Waals surface area contributed by atoms with E-state index >= 15 is 0 Å². The lowest BCUT2D eigenvalue weighted by molar-refractivity contribution is -0.140. The van der Waals surface area contributed by atoms with Crippen molar-refractivity contribution in [1.82, 2.24) is 0 Å². The molecule has 0 bridgehead atoms. The molecule has 1 aromatic rings. The van der Waals surface area contributed by atoms with E-state index in [1.807, 2.05) is 0 Å². The lowest BCUT2D eigenvalue weighted by Crippen LogP contribution is -2.12. The first-order valence-electron chi connectivity index (χ1n) is 3.57. The third-order valence-electron chi connectivity index (χ3n) is 1.60. The SMILES string of the molecule is O=S(=O)(O)c1cc(C(F)(F)F)c(F)cc1F. The molecule has 0 spiro atoms. The van der Waals surface area contributed by atoms with Crippen molar-refractivity contribution in [3.8, 4) is 0 Å². The molecule has 0 saturated carbocycles. The average molecular weight is 262 g/mol. The predicted octanol–water partition coefficient (Wildman–Crippen LogP) is 2.23. The van der Waals surface area contributed by atoms with Crippen molar-refractivity contribution in [3.63, 3.8) is 0 Å². The summed E-state index contributed by atoms with van der Waals surface area (Å²) < 4.78 is 91.1. The van der Waals surface area contributed by atoms with E-state index < -0.39 is 38.4 Å². The van der Waals surface area contributed by atoms with E-state index in [1.165, 1.54) is 0 Å². The van der Waals surface area contributed by atoms with Crippen LogP contribution in [0.2, 0.25) is 0 Å². The van der Waals surface area contributed by atoms with E-state index in [2.05, 4.69) is 0 Å². The van der Waals surface area contributed by atoms with Crippen LogP contribution < -0.4 is 0 Å². The second-order valence-corrected chi connectivity index (χ2v) is 4.13. The van der Waals surface area contributed by atoms with Crippen LogP contribution in [0.25, 0.3) is 0 Å². The maximum atomic E-state index is 12.8. The van der Waals surface area contributed by atoms with Gasteiger partial charge in [0.2, 0.25) is 0 Å². The normalized spacial score (nSPS) is 12.9. The van der Waals surface area contributed by atoms with E-state index in [0.717, 1.165) is 0 Å². The maximum Gasteiger partial charge on any atom is 0.419 e. The first-order valence-corrected chi connectivity index (χ1v) is 5.01. The molecule has 0 atom stereocenters. The zero-order valence-electron chi connectivity index (χ0n) is 7.22. The minimum absolute atomic E-state index is 0.258. The Hall–Kier alpha value is -1.22. The van der Waals surface area contributed by atoms with Gasteiger partial charge in [-0.2, -0.15) is 21.6 Å². The zero-order chi connectivity index (χ0) is 12.7. The fourth-order valence-electron chi connectivity index (χ4n) is 0.944. The highest BCUT2D eigenvalue weighted by molar-refractivity contribution is 7.85. The second-order valence-electron chi connectivity index (χ2n) is 2.74. The molecule has 0 fully saturated rings. The number of rotatable bonds is 1. The molecule has 0 unspecified atom stereocenters. The summed E-state index contributed by atoms with van der Waals surface area (Å²) in [5.74, 6) is -3.76. The first-order chi connectivity index (χ1) is 7.03. The lowest BCUT2D eigenvalue weighted by Gasteiger charge is -2.09. The number of alkyl halides is 3. The van der Waals surface area contributed by atoms with Gasteiger partial charge >= 0.3 is 6.18 Å². The van der Waals surface area contributed by atoms with Crippen molar-refractivity contribution < 1.29 is 34.9 Å². The Morgan fingerprint density at radius 3 is 1.94 bits per heavy atom. The molecule has 0 radical (unpaired) electrons. The van der Waals surface area contributed by atoms with Crippen LogP contribution in [0.4, 0.5) is 22.0 Å². The van der Waals surface area contributed by atoms with Crippen LogP contribution in [0.5, 0.6) is 0 Å². The summed E-state index contributed by atoms with van der Waals surface area (Å²) in [5.41, 5.74) is -1.97. The zero-order valence-corrected chi connectivity index (χ0v) is 8.03. The van der Waals surface area contributed by atoms with Gasteiger partial charge in [-0.25, -0.2) is 8.78 Å². The van der Waals surface area contributed by atoms with Gasteiger partial charge in [0.25, 0.3) is 10.1 Å². The minimum Gasteiger partial charge on any atom is -0.282 e. The summed E-state index contributed by atoms with van der Waals surface area (Å²) >= 11 is 0. The van der Waals surface area contributed by atoms with Crippen LogP contribution in [-0.4, -0.2) is 13.0 Å². The van der Waals surface area contributed by atoms with Gasteiger partial charge in [-0.15, -0.1) is 0 Å². The Kier molecular flexibility index (Phi) is 2.94. The van der Waals surface area contributed by atoms with Gasteiger partial charge in [0.15, 0.2) is 0 Å². The predicted molar refractivity (Wildman–Crippen MR) is 41.2 cm³/mol. The molecular weight excluding hydrogens is 259 g/mol. The van der Waals surface area contributed by atoms with Gasteiger partial charge in [-0.05, 0) is 6.07 Å². The quantitative estimate of drug-likeness (QED) is 0.623. The molecule has 1 aromatic carbocycles. The molecule has 0 heterocycles. The molecule has 90 valence electrons. The van der Waals surface area contributed by atoms with Crippen LogP contribution in [0.15, 0.2) is 17.0 Å². The van der Waals surface area contributed by atoms with Crippen molar-refractivity contribution in [2.24, 2.45) is 0 Å². The third-order valence-corrected chi connectivity index (χ3v) is 2.47. The second kappa shape index (κ2) is 3.67. The number of hydrogen-bond acceptors (Lipinski definition) is 2. The number of halogens is 5. The fraction of sp³-hybridized carbons (Fsp3) is 0.143. The summed E-state index contributed by atoms with van der Waals surface area (Å²) in [6.45, 7) is 0. The van der Waals surface area contributed by atoms with E-state index in [4.69, 9.17) is 4.55 Å². The fourth-order valence-corrected chi connectivity index (χ4v) is 1.52. The highest BCUT2D eigenvalue weighted by atomic mass is 32.2. The smallest absolute Gasteiger partial charge is 0.282 e. The van der Waals surface area contributed by atoms with Crippen LogP contribution in [0.3, 0.4) is 0 Å². The summed E-state index contributed by atoms with van der Waals surface area (Å²) in [7, 11) is -5.17. The maximum absolute atomic E-state index is 12.8. The van der Waals surface area contributed by atoms with E-state index in [1.54, 1.807) is 0 Å². The topological polar surface area (TPSA) is 54.4 Å². The first kappa shape index (κ1) is 12.8. The van der Waals surface area contributed by atoms with Gasteiger partial charge in [0.05, 0.1) is 5.56 Å². The molecule has 1 rings (SSSR count). The van der Waals surface area contributed by atoms with Crippen molar-refractivity contribution >= 4 is 10.1 Å². The Labute approximate surface area is 86.3 Å². The summed E-state index contributed by atoms with van der Waals surface area (Å²) in [5, 5.41) is 0. The van der Waals surface area contributed by atoms with Crippen molar-refractivity contribution in [2.45, 2.75) is 11.1 Å². The molecule has 1 N–H and O–H groups in total. The summed E-state index contributed by atoms with van der Waals surface area (Å²) in [6.07, 6.45) is -5.18. The third kappa shape index (κ3) is 2.47. The molecule has 0 aliphatic rings. The van der Waals surface area contributed by atoms with E-state index in [-0.39, 0.29) is 12.1 Å². The van der Waals surface area contributed by atoms with Crippen LogP contribution in [0, 0.1) is 11.6 Å². The van der Waals surface area contributed by atoms with Gasteiger partial charge in [0, 0.05) is 6.07 Å². The van der Waals surface area contributed by atoms with Crippen LogP contribution in [0.1, 0.15) is 5.56 Å². The van der Waals surface area contributed by atoms with Crippen LogP contribution >= 0.6 is 0 Å². The average Bonchev–Trinajstić information content (AvgIpc) is 1.97. The van der Waals surface area contributed by atoms with Gasteiger partial charge in [0.1, 0.15) is 16.5 Å². The standard InChI is InChI=1S/C7H3F5O3S/c8-4-2-5(9)6(16(13,14)15)1-3(4)7(10,11)12/h1-2H,(H,13,14,15). The monoisotopic (exact) mass is 262 g/mol. The molecule has 16 heavy (non-hydrogen) atoms. The molecule has 3 nitrogen and oxygen atoms in total. The van der Waals surface area contributed by atoms with Crippen molar-refractivity contribution in [3.05, 3.63) is 29.3 Å². The lowest BCUT2D eigenvalue weighted by atomic mass is 10.2. The Bertz CT molecular complexity index is 520. The Morgan fingerprint density at radius 2 is 1.56 bits per heavy atom. The Morgan fingerprint density at radius 1 is 1.06 bits per heavy atom. The van der Waals surface area contributed by atoms with Crippen molar-refractivity contribution in [1.29, 1.82) is 0 Å². The van der Waals surface area contributed by atoms with Gasteiger partial charge in [-0.3, -0.25) is 4.55 Å². The Balaban J connectivity index is 3.58. The summed E-state index contributed by atoms with van der Waals surface area (Å²) in [4.78, 5) is -1.62. The highest BCUT2D eigenvalue weighted by Crippen LogP contribution is 2.33. The van der Waals surface area contributed by atoms with E-state index in [9.17, 15) is 30.4 Å². The molecular formula is C7H3F5O3S. The molecule has 9 heteroatoms. The molecule has 0 saturated heterocycles. The number of hydrogen-bond donors (Lipinski definition) is 1. The van der Waals surface area contributed by atoms with Crippen LogP contribution in [-0.2, 0) is 16.3 Å². The molecule has 0 aromatic heterocycles. The molecule has 0 aliphatic heterocycles. The van der Waals surface area contributed by atoms with Gasteiger partial charge < -0.3 is 0 Å². The molecule has 0 aliphatic carbocycles.